The summed E-state index contributed by atoms with van der Waals surface area (Å²) in [6, 6.07) is 2.28. The molecule has 3 heterocycles. The van der Waals surface area contributed by atoms with Gasteiger partial charge in [-0.25, -0.2) is 0 Å². The van der Waals surface area contributed by atoms with E-state index in [1.165, 1.54) is 5.56 Å². The molecule has 1 aromatic carbocycles. The van der Waals surface area contributed by atoms with E-state index in [0.717, 1.165) is 27.7 Å². The fraction of sp³-hybridized carbons (Fsp3) is 0.474. The highest BCUT2D eigenvalue weighted by Crippen LogP contribution is 2.31. The Kier molecular flexibility index (Phi) is 3.41. The number of amides is 2. The Morgan fingerprint density at radius 2 is 2.08 bits per heavy atom. The van der Waals surface area contributed by atoms with Crippen molar-refractivity contribution in [2.24, 2.45) is 5.92 Å². The molecule has 0 radical (unpaired) electrons. The van der Waals surface area contributed by atoms with Crippen LogP contribution in [0.5, 0.6) is 0 Å². The number of benzene rings is 1. The van der Waals surface area contributed by atoms with Crippen molar-refractivity contribution >= 4 is 22.8 Å². The van der Waals surface area contributed by atoms with Crippen molar-refractivity contribution in [1.82, 2.24) is 10.2 Å². The van der Waals surface area contributed by atoms with Crippen LogP contribution in [0.2, 0.25) is 0 Å². The van der Waals surface area contributed by atoms with E-state index in [9.17, 15) is 9.59 Å². The Labute approximate surface area is 141 Å². The lowest BCUT2D eigenvalue weighted by atomic mass is 9.99. The van der Waals surface area contributed by atoms with Gasteiger partial charge >= 0.3 is 0 Å². The summed E-state index contributed by atoms with van der Waals surface area (Å²) in [4.78, 5) is 26.0. The molecule has 0 bridgehead atoms. The Bertz CT molecular complexity index is 836. The third-order valence-corrected chi connectivity index (χ3v) is 5.56. The highest BCUT2D eigenvalue weighted by molar-refractivity contribution is 5.92. The second-order valence-electron chi connectivity index (χ2n) is 7.21. The first-order valence-corrected chi connectivity index (χ1v) is 8.48. The molecular weight excluding hydrogens is 304 g/mol. The first kappa shape index (κ1) is 15.2. The number of aryl methyl sites for hydroxylation is 3. The number of nitrogens with zero attached hydrogens (tertiary/aromatic N) is 1. The van der Waals surface area contributed by atoms with E-state index in [1.807, 2.05) is 4.90 Å². The molecule has 5 heteroatoms. The number of carbonyl (C=O) groups is 2. The third-order valence-electron chi connectivity index (χ3n) is 5.56. The predicted molar refractivity (Wildman–Crippen MR) is 90.7 cm³/mol. The van der Waals surface area contributed by atoms with E-state index in [4.69, 9.17) is 4.42 Å². The number of furan rings is 1. The molecule has 2 aromatic rings. The van der Waals surface area contributed by atoms with Gasteiger partial charge in [-0.1, -0.05) is 6.07 Å². The van der Waals surface area contributed by atoms with E-state index in [2.05, 4.69) is 32.2 Å². The maximum atomic E-state index is 12.7. The summed E-state index contributed by atoms with van der Waals surface area (Å²) in [7, 11) is 0. The largest absolute Gasteiger partial charge is 0.464 e. The smallest absolute Gasteiger partial charge is 0.227 e. The summed E-state index contributed by atoms with van der Waals surface area (Å²) in [6.07, 6.45) is 2.62. The van der Waals surface area contributed by atoms with Gasteiger partial charge in [0.2, 0.25) is 11.8 Å². The van der Waals surface area contributed by atoms with Crippen LogP contribution in [0.25, 0.3) is 11.0 Å². The van der Waals surface area contributed by atoms with E-state index in [0.29, 0.717) is 25.9 Å². The molecule has 126 valence electrons. The topological polar surface area (TPSA) is 62.6 Å². The second kappa shape index (κ2) is 5.36. The van der Waals surface area contributed by atoms with Crippen molar-refractivity contribution in [1.29, 1.82) is 0 Å². The van der Waals surface area contributed by atoms with E-state index in [1.54, 1.807) is 6.26 Å². The number of hydrogen-bond acceptors (Lipinski definition) is 3. The summed E-state index contributed by atoms with van der Waals surface area (Å²) in [5.74, 6) is 0.493. The van der Waals surface area contributed by atoms with Crippen LogP contribution in [0.1, 0.15) is 28.7 Å². The average molecular weight is 326 g/mol. The monoisotopic (exact) mass is 326 g/mol. The fourth-order valence-corrected chi connectivity index (χ4v) is 4.14. The highest BCUT2D eigenvalue weighted by atomic mass is 16.3. The minimum absolute atomic E-state index is 0.110. The number of likely N-dealkylation sites (tertiary alicyclic amines) is 1. The summed E-state index contributed by atoms with van der Waals surface area (Å²) >= 11 is 0. The van der Waals surface area contributed by atoms with Gasteiger partial charge in [0.05, 0.1) is 18.7 Å². The first-order valence-electron chi connectivity index (χ1n) is 8.48. The van der Waals surface area contributed by atoms with Gasteiger partial charge in [0.15, 0.2) is 0 Å². The van der Waals surface area contributed by atoms with Crippen LogP contribution in [0.4, 0.5) is 0 Å². The van der Waals surface area contributed by atoms with Gasteiger partial charge in [0, 0.05) is 36.4 Å². The quantitative estimate of drug-likeness (QED) is 0.921. The Morgan fingerprint density at radius 3 is 2.83 bits per heavy atom. The van der Waals surface area contributed by atoms with Crippen LogP contribution in [0.15, 0.2) is 16.7 Å². The molecule has 0 spiro atoms. The van der Waals surface area contributed by atoms with Crippen molar-refractivity contribution in [3.05, 3.63) is 34.6 Å². The van der Waals surface area contributed by atoms with Crippen LogP contribution in [0, 0.1) is 26.7 Å². The Morgan fingerprint density at radius 1 is 1.29 bits per heavy atom. The number of nitrogens with one attached hydrogen (secondary N) is 1. The molecule has 0 saturated carbocycles. The van der Waals surface area contributed by atoms with Gasteiger partial charge in [-0.05, 0) is 37.5 Å². The van der Waals surface area contributed by atoms with Crippen molar-refractivity contribution in [2.45, 2.75) is 39.7 Å². The molecule has 0 unspecified atom stereocenters. The van der Waals surface area contributed by atoms with E-state index >= 15 is 0 Å². The zero-order chi connectivity index (χ0) is 17.0. The zero-order valence-electron chi connectivity index (χ0n) is 14.3. The van der Waals surface area contributed by atoms with E-state index < -0.39 is 0 Å². The SMILES string of the molecule is Cc1cc(C)c2c(CC(=O)N3C[C@@H]4CC(=O)N[C@@H]4C3)coc2c1C. The fourth-order valence-electron chi connectivity index (χ4n) is 4.14. The van der Waals surface area contributed by atoms with Crippen LogP contribution < -0.4 is 5.32 Å². The average Bonchev–Trinajstić information content (AvgIpc) is 3.17. The molecule has 2 atom stereocenters. The molecule has 2 amide bonds. The van der Waals surface area contributed by atoms with Crippen molar-refractivity contribution < 1.29 is 14.0 Å². The standard InChI is InChI=1S/C19H22N2O3/c1-10-4-11(2)18-14(9-24-19(18)12(10)3)6-17(23)21-7-13-5-16(22)20-15(13)8-21/h4,9,13,15H,5-8H2,1-3H3,(H,20,22)/t13-,15+/m0/s1. The number of hydrogen-bond donors (Lipinski definition) is 1. The van der Waals surface area contributed by atoms with Gasteiger partial charge in [-0.15, -0.1) is 0 Å². The molecule has 1 aromatic heterocycles. The van der Waals surface area contributed by atoms with Crippen LogP contribution in [-0.2, 0) is 16.0 Å². The lowest BCUT2D eigenvalue weighted by Gasteiger charge is -2.17. The Hall–Kier alpha value is -2.30. The molecule has 1 N–H and O–H groups in total. The number of carbonyl (C=O) groups excluding carboxylic acids is 2. The summed E-state index contributed by atoms with van der Waals surface area (Å²) in [5, 5.41) is 4.03. The molecule has 5 nitrogen and oxygen atoms in total. The van der Waals surface area contributed by atoms with Gasteiger partial charge in [-0.3, -0.25) is 9.59 Å². The molecular formula is C19H22N2O3. The van der Waals surface area contributed by atoms with Gasteiger partial charge in [0.1, 0.15) is 5.58 Å². The molecule has 4 rings (SSSR count). The third kappa shape index (κ3) is 2.30. The van der Waals surface area contributed by atoms with Crippen LogP contribution in [-0.4, -0.2) is 35.8 Å². The van der Waals surface area contributed by atoms with Gasteiger partial charge in [-0.2, -0.15) is 0 Å². The lowest BCUT2D eigenvalue weighted by Crippen LogP contribution is -2.36. The van der Waals surface area contributed by atoms with Crippen molar-refractivity contribution in [2.75, 3.05) is 13.1 Å². The Balaban J connectivity index is 1.56. The molecule has 24 heavy (non-hydrogen) atoms. The summed E-state index contributed by atoms with van der Waals surface area (Å²) in [5.41, 5.74) is 5.33. The van der Waals surface area contributed by atoms with Crippen molar-refractivity contribution in [3.8, 4) is 0 Å². The van der Waals surface area contributed by atoms with E-state index in [-0.39, 0.29) is 23.8 Å². The molecule has 2 aliphatic heterocycles. The van der Waals surface area contributed by atoms with Crippen LogP contribution >= 0.6 is 0 Å². The number of rotatable bonds is 2. The maximum Gasteiger partial charge on any atom is 0.227 e. The molecule has 2 saturated heterocycles. The summed E-state index contributed by atoms with van der Waals surface area (Å²) in [6.45, 7) is 7.49. The minimum atomic E-state index is 0.110. The molecule has 2 aliphatic rings. The highest BCUT2D eigenvalue weighted by Gasteiger charge is 2.41. The normalized spacial score (nSPS) is 23.0. The maximum absolute atomic E-state index is 12.7. The zero-order valence-corrected chi connectivity index (χ0v) is 14.3. The predicted octanol–water partition coefficient (Wildman–Crippen LogP) is 2.25. The molecule has 0 aliphatic carbocycles. The number of fused-ring (bicyclic) bond motifs is 2. The second-order valence-corrected chi connectivity index (χ2v) is 7.21. The molecule has 2 fully saturated rings. The minimum Gasteiger partial charge on any atom is -0.464 e. The van der Waals surface area contributed by atoms with Gasteiger partial charge in [0.25, 0.3) is 0 Å². The van der Waals surface area contributed by atoms with Crippen molar-refractivity contribution in [3.63, 3.8) is 0 Å². The first-order chi connectivity index (χ1) is 11.4. The summed E-state index contributed by atoms with van der Waals surface area (Å²) < 4.78 is 5.77. The van der Waals surface area contributed by atoms with Gasteiger partial charge < -0.3 is 14.6 Å². The lowest BCUT2D eigenvalue weighted by molar-refractivity contribution is -0.130. The van der Waals surface area contributed by atoms with Crippen LogP contribution in [0.3, 0.4) is 0 Å².